The largest absolute Gasteiger partial charge is 0.459 e. The molecule has 3 rings (SSSR count). The Morgan fingerprint density at radius 2 is 1.95 bits per heavy atom. The van der Waals surface area contributed by atoms with Gasteiger partial charge in [-0.1, -0.05) is 18.2 Å². The minimum atomic E-state index is -0.0914. The lowest BCUT2D eigenvalue weighted by Gasteiger charge is -2.18. The van der Waals surface area contributed by atoms with Crippen molar-refractivity contribution >= 4 is 16.9 Å². The number of furan rings is 1. The van der Waals surface area contributed by atoms with Gasteiger partial charge < -0.3 is 14.6 Å². The third kappa shape index (κ3) is 3.69. The highest BCUT2D eigenvalue weighted by Gasteiger charge is 2.19. The van der Waals surface area contributed by atoms with Crippen LogP contribution in [-0.4, -0.2) is 25.5 Å². The first-order chi connectivity index (χ1) is 10.7. The van der Waals surface area contributed by atoms with Crippen LogP contribution < -0.4 is 10.2 Å². The molecule has 0 unspecified atom stereocenters. The Hall–Kier alpha value is -1.81. The fraction of sp³-hybridized carbons (Fsp3) is 0.500. The second-order valence-corrected chi connectivity index (χ2v) is 6.32. The molecule has 1 aliphatic rings. The average molecular weight is 301 g/mol. The lowest BCUT2D eigenvalue weighted by molar-refractivity contribution is -0.891. The number of carbonyl (C=O) groups is 1. The molecule has 1 fully saturated rings. The predicted molar refractivity (Wildman–Crippen MR) is 86.8 cm³/mol. The monoisotopic (exact) mass is 301 g/mol. The Kier molecular flexibility index (Phi) is 4.78. The zero-order chi connectivity index (χ0) is 15.4. The Labute approximate surface area is 131 Å². The van der Waals surface area contributed by atoms with Crippen LogP contribution >= 0.6 is 0 Å². The number of likely N-dealkylation sites (tertiary alicyclic amines) is 1. The van der Waals surface area contributed by atoms with Crippen molar-refractivity contribution in [2.75, 3.05) is 19.6 Å². The summed E-state index contributed by atoms with van der Waals surface area (Å²) in [6, 6.07) is 9.85. The molecule has 0 spiro atoms. The Bertz CT molecular complexity index is 594. The van der Waals surface area contributed by atoms with E-state index in [1.165, 1.54) is 30.6 Å². The summed E-state index contributed by atoms with van der Waals surface area (Å²) in [5.41, 5.74) is 0.872. The van der Waals surface area contributed by atoms with Crippen molar-refractivity contribution in [2.24, 2.45) is 0 Å². The number of benzene rings is 1. The highest BCUT2D eigenvalue weighted by Crippen LogP contribution is 2.23. The van der Waals surface area contributed by atoms with E-state index >= 15 is 0 Å². The summed E-state index contributed by atoms with van der Waals surface area (Å²) in [5.74, 6) is 0.935. The third-order valence-electron chi connectivity index (χ3n) is 4.47. The van der Waals surface area contributed by atoms with Gasteiger partial charge in [-0.15, -0.1) is 0 Å². The molecule has 4 heteroatoms. The van der Waals surface area contributed by atoms with E-state index in [2.05, 4.69) is 5.32 Å². The second-order valence-electron chi connectivity index (χ2n) is 6.32. The van der Waals surface area contributed by atoms with Gasteiger partial charge in [-0.3, -0.25) is 4.79 Å². The molecule has 2 N–H and O–H groups in total. The van der Waals surface area contributed by atoms with E-state index in [1.54, 1.807) is 0 Å². The van der Waals surface area contributed by atoms with E-state index < -0.39 is 0 Å². The van der Waals surface area contributed by atoms with Crippen LogP contribution in [0, 0.1) is 0 Å². The van der Waals surface area contributed by atoms with E-state index in [0.29, 0.717) is 6.54 Å². The quantitative estimate of drug-likeness (QED) is 0.908. The number of quaternary nitrogens is 1. The molecule has 2 aromatic rings. The van der Waals surface area contributed by atoms with Crippen LogP contribution in [0.1, 0.15) is 44.4 Å². The molecule has 0 radical (unpaired) electrons. The Morgan fingerprint density at radius 1 is 1.23 bits per heavy atom. The van der Waals surface area contributed by atoms with Gasteiger partial charge in [0.1, 0.15) is 11.3 Å². The molecule has 1 aromatic carbocycles. The molecule has 1 atom stereocenters. The number of amides is 1. The summed E-state index contributed by atoms with van der Waals surface area (Å²) in [4.78, 5) is 13.7. The van der Waals surface area contributed by atoms with Crippen LogP contribution in [0.4, 0.5) is 0 Å². The molecule has 22 heavy (non-hydrogen) atoms. The maximum absolute atomic E-state index is 12.2. The summed E-state index contributed by atoms with van der Waals surface area (Å²) < 4.78 is 5.82. The van der Waals surface area contributed by atoms with Crippen molar-refractivity contribution in [1.29, 1.82) is 0 Å². The number of hydrogen-bond acceptors (Lipinski definition) is 2. The number of hydrogen-bond donors (Lipinski definition) is 2. The van der Waals surface area contributed by atoms with Crippen LogP contribution in [0.2, 0.25) is 0 Å². The van der Waals surface area contributed by atoms with Crippen LogP contribution in [-0.2, 0) is 4.79 Å². The van der Waals surface area contributed by atoms with Crippen molar-refractivity contribution in [1.82, 2.24) is 5.32 Å². The highest BCUT2D eigenvalue weighted by atomic mass is 16.3. The molecule has 1 aromatic heterocycles. The van der Waals surface area contributed by atoms with Crippen molar-refractivity contribution in [3.63, 3.8) is 0 Å². The van der Waals surface area contributed by atoms with Crippen molar-refractivity contribution < 1.29 is 14.1 Å². The van der Waals surface area contributed by atoms with Gasteiger partial charge in [0.25, 0.3) is 5.91 Å². The lowest BCUT2D eigenvalue weighted by Crippen LogP contribution is -3.13. The van der Waals surface area contributed by atoms with E-state index in [0.717, 1.165) is 29.8 Å². The van der Waals surface area contributed by atoms with Gasteiger partial charge >= 0.3 is 0 Å². The van der Waals surface area contributed by atoms with Gasteiger partial charge in [0.2, 0.25) is 0 Å². The van der Waals surface area contributed by atoms with E-state index in [4.69, 9.17) is 4.42 Å². The van der Waals surface area contributed by atoms with E-state index in [1.807, 2.05) is 37.3 Å². The first kappa shape index (κ1) is 15.1. The summed E-state index contributed by atoms with van der Waals surface area (Å²) in [6.45, 7) is 4.79. The molecule has 1 aliphatic heterocycles. The predicted octanol–water partition coefficient (Wildman–Crippen LogP) is 2.07. The average Bonchev–Trinajstić information content (AvgIpc) is 2.79. The first-order valence-corrected chi connectivity index (χ1v) is 8.34. The van der Waals surface area contributed by atoms with Crippen molar-refractivity contribution in [3.8, 4) is 0 Å². The van der Waals surface area contributed by atoms with Crippen LogP contribution in [0.5, 0.6) is 0 Å². The summed E-state index contributed by atoms with van der Waals surface area (Å²) >= 11 is 0. The first-order valence-electron chi connectivity index (χ1n) is 8.34. The summed E-state index contributed by atoms with van der Waals surface area (Å²) in [5, 5.41) is 4.15. The molecule has 4 nitrogen and oxygen atoms in total. The maximum atomic E-state index is 12.2. The molecule has 1 saturated heterocycles. The standard InChI is InChI=1S/C18H24N2O2/c1-14(17-12-15-8-4-5-9-16(15)22-17)19-18(21)13-20-10-6-2-3-7-11-20/h4-5,8-9,12,14H,2-3,6-7,10-11,13H2,1H3,(H,19,21)/p+1/t14-/m1/s1. The van der Waals surface area contributed by atoms with Gasteiger partial charge in [0, 0.05) is 5.39 Å². The Balaban J connectivity index is 1.58. The molecular weight excluding hydrogens is 276 g/mol. The molecule has 0 bridgehead atoms. The summed E-state index contributed by atoms with van der Waals surface area (Å²) in [6.07, 6.45) is 5.09. The minimum Gasteiger partial charge on any atom is -0.459 e. The maximum Gasteiger partial charge on any atom is 0.275 e. The molecule has 118 valence electrons. The smallest absolute Gasteiger partial charge is 0.275 e. The number of fused-ring (bicyclic) bond motifs is 1. The third-order valence-corrected chi connectivity index (χ3v) is 4.47. The summed E-state index contributed by atoms with van der Waals surface area (Å²) in [7, 11) is 0. The van der Waals surface area contributed by atoms with E-state index in [-0.39, 0.29) is 11.9 Å². The number of nitrogens with one attached hydrogen (secondary N) is 2. The van der Waals surface area contributed by atoms with Gasteiger partial charge in [-0.25, -0.2) is 0 Å². The van der Waals surface area contributed by atoms with Gasteiger partial charge in [0.15, 0.2) is 6.54 Å². The van der Waals surface area contributed by atoms with Crippen molar-refractivity contribution in [3.05, 3.63) is 36.1 Å². The van der Waals surface area contributed by atoms with Gasteiger partial charge in [0.05, 0.1) is 19.1 Å². The highest BCUT2D eigenvalue weighted by molar-refractivity contribution is 5.79. The van der Waals surface area contributed by atoms with Crippen LogP contribution in [0.15, 0.2) is 34.7 Å². The fourth-order valence-corrected chi connectivity index (χ4v) is 3.21. The van der Waals surface area contributed by atoms with Gasteiger partial charge in [-0.05, 0) is 44.7 Å². The normalized spacial score (nSPS) is 18.0. The topological polar surface area (TPSA) is 46.7 Å². The van der Waals surface area contributed by atoms with Gasteiger partial charge in [-0.2, -0.15) is 0 Å². The van der Waals surface area contributed by atoms with Crippen molar-refractivity contribution in [2.45, 2.75) is 38.6 Å². The molecule has 0 aliphatic carbocycles. The number of para-hydroxylation sites is 1. The molecule has 0 saturated carbocycles. The Morgan fingerprint density at radius 3 is 2.68 bits per heavy atom. The minimum absolute atomic E-state index is 0.0914. The lowest BCUT2D eigenvalue weighted by atomic mass is 10.2. The number of rotatable bonds is 4. The van der Waals surface area contributed by atoms with Crippen LogP contribution in [0.3, 0.4) is 0 Å². The van der Waals surface area contributed by atoms with Crippen LogP contribution in [0.25, 0.3) is 11.0 Å². The second kappa shape index (κ2) is 6.97. The molecule has 1 amide bonds. The number of carbonyl (C=O) groups excluding carboxylic acids is 1. The zero-order valence-electron chi connectivity index (χ0n) is 13.2. The SMILES string of the molecule is C[C@@H](NC(=O)C[NH+]1CCCCCC1)c1cc2ccccc2o1. The fourth-order valence-electron chi connectivity index (χ4n) is 3.21. The molecule has 2 heterocycles. The van der Waals surface area contributed by atoms with E-state index in [9.17, 15) is 4.79 Å². The molecular formula is C18H25N2O2+. The zero-order valence-corrected chi connectivity index (χ0v) is 13.2.